The Morgan fingerprint density at radius 1 is 0.886 bits per heavy atom. The molecule has 18 heteroatoms. The summed E-state index contributed by atoms with van der Waals surface area (Å²) in [5, 5.41) is 10.6. The van der Waals surface area contributed by atoms with Crippen LogP contribution in [-0.2, 0) is 25.4 Å². The number of imide groups is 1. The summed E-state index contributed by atoms with van der Waals surface area (Å²) in [6.07, 6.45) is 7.48. The van der Waals surface area contributed by atoms with Crippen molar-refractivity contribution in [3.05, 3.63) is 93.2 Å². The minimum absolute atomic E-state index is 0.0370. The Bertz CT molecular complexity index is 2850. The van der Waals surface area contributed by atoms with Crippen LogP contribution in [0.25, 0.3) is 10.9 Å². The average molecular weight is 1040 g/mol. The molecule has 70 heavy (non-hydrogen) atoms. The van der Waals surface area contributed by atoms with Gasteiger partial charge in [-0.25, -0.2) is 13.8 Å². The molecular weight excluding hydrogens is 980 g/mol. The lowest BCUT2D eigenvalue weighted by Crippen LogP contribution is -2.50. The molecule has 0 saturated carbocycles. The molecule has 0 radical (unpaired) electrons. The van der Waals surface area contributed by atoms with Crippen molar-refractivity contribution in [1.29, 1.82) is 0 Å². The second-order valence-electron chi connectivity index (χ2n) is 19.5. The first-order valence-electron chi connectivity index (χ1n) is 24.4. The molecule has 4 fully saturated rings. The highest BCUT2D eigenvalue weighted by molar-refractivity contribution is 9.10. The molecule has 1 unspecified atom stereocenters. The van der Waals surface area contributed by atoms with Crippen molar-refractivity contribution in [2.24, 2.45) is 5.92 Å². The average Bonchev–Trinajstić information content (AvgIpc) is 3.34. The summed E-state index contributed by atoms with van der Waals surface area (Å²) >= 11 is 3.61. The number of anilines is 5. The summed E-state index contributed by atoms with van der Waals surface area (Å²) < 4.78 is 50.9. The van der Waals surface area contributed by atoms with Crippen LogP contribution in [0.15, 0.2) is 59.2 Å². The first kappa shape index (κ1) is 49.5. The van der Waals surface area contributed by atoms with E-state index in [-0.39, 0.29) is 36.1 Å². The van der Waals surface area contributed by atoms with Crippen LogP contribution in [0.4, 0.5) is 37.6 Å². The lowest BCUT2D eigenvalue weighted by atomic mass is 9.84. The van der Waals surface area contributed by atoms with Crippen LogP contribution in [0, 0.1) is 24.5 Å². The second-order valence-corrected chi connectivity index (χ2v) is 23.5. The zero-order chi connectivity index (χ0) is 49.4. The molecule has 4 aliphatic heterocycles. The minimum Gasteiger partial charge on any atom is -0.494 e. The van der Waals surface area contributed by atoms with Gasteiger partial charge in [0.15, 0.2) is 0 Å². The number of hydrogen-bond donors (Lipinski definition) is 3. The van der Waals surface area contributed by atoms with Crippen LogP contribution >= 0.6 is 23.1 Å². The van der Waals surface area contributed by atoms with Crippen molar-refractivity contribution in [1.82, 2.24) is 30.1 Å². The topological polar surface area (TPSA) is 162 Å². The van der Waals surface area contributed by atoms with Crippen molar-refractivity contribution >= 4 is 85.8 Å². The summed E-state index contributed by atoms with van der Waals surface area (Å²) in [4.78, 5) is 58.7. The number of nitrogens with one attached hydrogen (secondary N) is 3. The van der Waals surface area contributed by atoms with Gasteiger partial charge in [0.05, 0.1) is 34.4 Å². The number of halogens is 3. The number of carbonyl (C=O) groups excluding carboxylic acids is 3. The van der Waals surface area contributed by atoms with Crippen molar-refractivity contribution in [2.75, 3.05) is 75.2 Å². The molecule has 370 valence electrons. The Kier molecular flexibility index (Phi) is 14.6. The maximum absolute atomic E-state index is 15.3. The second kappa shape index (κ2) is 20.7. The normalized spacial score (nSPS) is 19.1. The van der Waals surface area contributed by atoms with Crippen molar-refractivity contribution in [3.8, 4) is 5.75 Å². The maximum Gasteiger partial charge on any atom is 0.234 e. The highest BCUT2D eigenvalue weighted by Gasteiger charge is 2.36. The third kappa shape index (κ3) is 10.4. The number of ether oxygens (including phenoxy) is 1. The van der Waals surface area contributed by atoms with E-state index in [0.717, 1.165) is 86.3 Å². The minimum atomic E-state index is -2.75. The number of nitrogens with zero attached hydrogens (tertiary/aromatic N) is 6. The quantitative estimate of drug-likeness (QED) is 0.0804. The largest absolute Gasteiger partial charge is 0.494 e. The predicted octanol–water partition coefficient (Wildman–Crippen LogP) is 9.29. The van der Waals surface area contributed by atoms with E-state index in [0.29, 0.717) is 70.5 Å². The smallest absolute Gasteiger partial charge is 0.234 e. The van der Waals surface area contributed by atoms with Gasteiger partial charge in [0, 0.05) is 84.5 Å². The predicted molar refractivity (Wildman–Crippen MR) is 274 cm³/mol. The van der Waals surface area contributed by atoms with E-state index in [1.165, 1.54) is 17.7 Å². The van der Waals surface area contributed by atoms with Gasteiger partial charge in [0.1, 0.15) is 30.3 Å². The first-order chi connectivity index (χ1) is 33.6. The van der Waals surface area contributed by atoms with Crippen molar-refractivity contribution in [2.45, 2.75) is 89.5 Å². The number of hydrogen-bond acceptors (Lipinski definition) is 12. The third-order valence-corrected chi connectivity index (χ3v) is 16.9. The number of methoxy groups -OCH3 is 1. The summed E-state index contributed by atoms with van der Waals surface area (Å²) in [5.74, 6) is -2.05. The number of benzene rings is 3. The van der Waals surface area contributed by atoms with Crippen LogP contribution in [-0.4, -0.2) is 108 Å². The van der Waals surface area contributed by atoms with Crippen LogP contribution in [0.1, 0.15) is 92.5 Å². The summed E-state index contributed by atoms with van der Waals surface area (Å²) in [6.45, 7) is 12.2. The Morgan fingerprint density at radius 2 is 1.60 bits per heavy atom. The van der Waals surface area contributed by atoms with Crippen molar-refractivity contribution < 1.29 is 32.5 Å². The monoisotopic (exact) mass is 1040 g/mol. The third-order valence-electron chi connectivity index (χ3n) is 14.7. The van der Waals surface area contributed by atoms with E-state index in [4.69, 9.17) is 9.72 Å². The Hall–Kier alpha value is -5.51. The van der Waals surface area contributed by atoms with Gasteiger partial charge in [0.25, 0.3) is 0 Å². The van der Waals surface area contributed by atoms with E-state index in [9.17, 15) is 18.9 Å². The first-order valence-corrected chi connectivity index (χ1v) is 27.8. The molecule has 3 amide bonds. The molecule has 4 saturated heterocycles. The van der Waals surface area contributed by atoms with E-state index >= 15 is 8.78 Å². The number of fused-ring (bicyclic) bond motifs is 1. The van der Waals surface area contributed by atoms with Gasteiger partial charge in [-0.15, -0.1) is 0 Å². The van der Waals surface area contributed by atoms with Gasteiger partial charge in [-0.3, -0.25) is 24.7 Å². The molecule has 0 bridgehead atoms. The molecule has 0 spiro atoms. The highest BCUT2D eigenvalue weighted by atomic mass is 79.9. The molecule has 1 atom stereocenters. The number of aromatic nitrogens is 3. The van der Waals surface area contributed by atoms with Crippen molar-refractivity contribution in [3.63, 3.8) is 0 Å². The molecule has 9 rings (SSSR count). The lowest BCUT2D eigenvalue weighted by Gasteiger charge is -2.43. The van der Waals surface area contributed by atoms with Gasteiger partial charge in [0.2, 0.25) is 23.7 Å². The molecule has 3 aromatic carbocycles. The van der Waals surface area contributed by atoms with Crippen LogP contribution in [0.5, 0.6) is 5.75 Å². The summed E-state index contributed by atoms with van der Waals surface area (Å²) in [5.41, 5.74) is 5.70. The van der Waals surface area contributed by atoms with Gasteiger partial charge in [-0.2, -0.15) is 4.98 Å². The van der Waals surface area contributed by atoms with Crippen LogP contribution in [0.2, 0.25) is 0 Å². The van der Waals surface area contributed by atoms with E-state index in [1.54, 1.807) is 26.6 Å². The Morgan fingerprint density at radius 3 is 2.26 bits per heavy atom. The maximum atomic E-state index is 15.3. The zero-order valence-electron chi connectivity index (χ0n) is 40.4. The molecule has 6 heterocycles. The number of carbonyl (C=O) groups is 3. The fraction of sp³-hybridized carbons (Fsp3) is 0.462. The Labute approximate surface area is 416 Å². The fourth-order valence-corrected chi connectivity index (χ4v) is 12.8. The van der Waals surface area contributed by atoms with E-state index < -0.39 is 36.5 Å². The molecule has 2 aromatic heterocycles. The number of amides is 3. The summed E-state index contributed by atoms with van der Waals surface area (Å²) in [6, 6.07) is 15.0. The standard InChI is InChI=1S/C52H61BrF2N9O5P/c1-6-31-27-43(59-52-56-29-38(53)49(61-52)58-42-11-10-41-36(8-7-30(2)57-41)48(42)70(4,5)68)45(69-3)28-44(31)63-23-17-35(18-24-63)62-19-15-33(16-20-62)51(67)64-21-13-32(14-22-64)34-25-39(54)47(40(55)26-34)37-9-12-46(65)60-50(37)66/h7-8,10-11,25-29,32-33,35,37H,6,9,12-24H2,1-5H3,(H,60,65,66)(H2,56,58,59,61). The SMILES string of the molecule is CCc1cc(Nc2ncc(Br)c(Nc3ccc4nc(C)ccc4c3P(C)(C)=O)n2)c(OC)cc1N1CCC(N2CCC(C(=O)N3CCC(c4cc(F)c(C5CCC(=O)NC5=O)c(F)c4)CC3)CC2)CC1. The molecule has 0 aliphatic carbocycles. The van der Waals surface area contributed by atoms with Gasteiger partial charge >= 0.3 is 0 Å². The molecule has 14 nitrogen and oxygen atoms in total. The van der Waals surface area contributed by atoms with Crippen LogP contribution < -0.4 is 30.9 Å². The lowest BCUT2D eigenvalue weighted by molar-refractivity contribution is -0.138. The van der Waals surface area contributed by atoms with Gasteiger partial charge in [-0.05, 0) is 154 Å². The van der Waals surface area contributed by atoms with Gasteiger partial charge in [-0.1, -0.05) is 13.0 Å². The van der Waals surface area contributed by atoms with Gasteiger partial charge < -0.3 is 34.6 Å². The summed E-state index contributed by atoms with van der Waals surface area (Å²) in [7, 11) is -1.08. The Balaban J connectivity index is 0.781. The number of likely N-dealkylation sites (tertiary alicyclic amines) is 2. The number of pyridine rings is 1. The highest BCUT2D eigenvalue weighted by Crippen LogP contribution is 2.43. The zero-order valence-corrected chi connectivity index (χ0v) is 42.9. The molecule has 5 aromatic rings. The molecular formula is C52H61BrF2N9O5P. The fourth-order valence-electron chi connectivity index (χ4n) is 11.0. The van der Waals surface area contributed by atoms with E-state index in [2.05, 4.69) is 70.7 Å². The van der Waals surface area contributed by atoms with E-state index in [1.807, 2.05) is 36.1 Å². The molecule has 4 aliphatic rings. The number of aryl methyl sites for hydroxylation is 2. The number of piperidine rings is 4. The number of rotatable bonds is 12. The molecule has 3 N–H and O–H groups in total. The van der Waals surface area contributed by atoms with Crippen LogP contribution in [0.3, 0.4) is 0 Å².